The minimum Gasteiger partial charge on any atom is -0.328 e. The number of halogens is 1. The maximum absolute atomic E-state index is 14.8. The molecule has 1 aliphatic rings. The highest BCUT2D eigenvalue weighted by Gasteiger charge is 2.35. The van der Waals surface area contributed by atoms with Crippen LogP contribution in [0.5, 0.6) is 0 Å². The molecule has 1 aromatic heterocycles. The molecule has 0 saturated carbocycles. The van der Waals surface area contributed by atoms with Gasteiger partial charge in [0.15, 0.2) is 0 Å². The first-order valence-electron chi connectivity index (χ1n) is 9.50. The second-order valence-electron chi connectivity index (χ2n) is 7.23. The number of benzene rings is 2. The molecule has 30 heavy (non-hydrogen) atoms. The average molecular weight is 424 g/mol. The van der Waals surface area contributed by atoms with Crippen molar-refractivity contribution in [1.29, 1.82) is 0 Å². The summed E-state index contributed by atoms with van der Waals surface area (Å²) in [5, 5.41) is 11.2. The Kier molecular flexibility index (Phi) is 5.34. The molecule has 0 radical (unpaired) electrons. The molecule has 0 spiro atoms. The van der Waals surface area contributed by atoms with E-state index >= 15 is 0 Å². The van der Waals surface area contributed by atoms with Crippen LogP contribution in [0, 0.1) is 19.7 Å². The van der Waals surface area contributed by atoms with Gasteiger partial charge in [-0.3, -0.25) is 4.79 Å². The minimum atomic E-state index is -0.735. The van der Waals surface area contributed by atoms with Crippen molar-refractivity contribution in [2.75, 3.05) is 16.9 Å². The van der Waals surface area contributed by atoms with Gasteiger partial charge < -0.3 is 10.6 Å². The van der Waals surface area contributed by atoms with Crippen molar-refractivity contribution < 1.29 is 9.18 Å². The van der Waals surface area contributed by atoms with Crippen LogP contribution in [0.25, 0.3) is 0 Å². The second kappa shape index (κ2) is 7.95. The van der Waals surface area contributed by atoms with E-state index in [1.165, 1.54) is 17.8 Å². The molecule has 1 amide bonds. The van der Waals surface area contributed by atoms with Gasteiger partial charge in [0.2, 0.25) is 11.1 Å². The largest absolute Gasteiger partial charge is 0.328 e. The van der Waals surface area contributed by atoms with Gasteiger partial charge in [-0.25, -0.2) is 9.07 Å². The van der Waals surface area contributed by atoms with Gasteiger partial charge in [0.05, 0.1) is 5.57 Å². The lowest BCUT2D eigenvalue weighted by Crippen LogP contribution is -2.32. The number of aryl methyl sites for hydroxylation is 2. The molecule has 4 rings (SSSR count). The van der Waals surface area contributed by atoms with E-state index in [9.17, 15) is 9.18 Å². The Labute approximate surface area is 178 Å². The fourth-order valence-corrected chi connectivity index (χ4v) is 3.99. The van der Waals surface area contributed by atoms with E-state index in [2.05, 4.69) is 20.7 Å². The molecule has 154 valence electrons. The van der Waals surface area contributed by atoms with Gasteiger partial charge in [0, 0.05) is 16.9 Å². The van der Waals surface area contributed by atoms with Crippen LogP contribution in [0.1, 0.15) is 29.7 Å². The zero-order valence-electron chi connectivity index (χ0n) is 17.2. The van der Waals surface area contributed by atoms with Crippen LogP contribution in [0.4, 0.5) is 16.0 Å². The average Bonchev–Trinajstić information content (AvgIpc) is 3.12. The van der Waals surface area contributed by atoms with Crippen LogP contribution in [0.3, 0.4) is 0 Å². The van der Waals surface area contributed by atoms with Gasteiger partial charge in [-0.05, 0) is 44.7 Å². The molecule has 8 heteroatoms. The number of allylic oxidation sites excluding steroid dienone is 1. The van der Waals surface area contributed by atoms with E-state index in [0.717, 1.165) is 11.1 Å². The summed E-state index contributed by atoms with van der Waals surface area (Å²) >= 11 is 1.38. The van der Waals surface area contributed by atoms with Crippen molar-refractivity contribution in [1.82, 2.24) is 14.8 Å². The Morgan fingerprint density at radius 3 is 2.67 bits per heavy atom. The van der Waals surface area contributed by atoms with Crippen molar-refractivity contribution in [2.24, 2.45) is 0 Å². The zero-order chi connectivity index (χ0) is 21.4. The number of amides is 1. The zero-order valence-corrected chi connectivity index (χ0v) is 18.0. The monoisotopic (exact) mass is 423 g/mol. The van der Waals surface area contributed by atoms with E-state index in [-0.39, 0.29) is 5.91 Å². The van der Waals surface area contributed by atoms with Crippen LogP contribution < -0.4 is 10.6 Å². The number of hydrogen-bond donors (Lipinski definition) is 2. The summed E-state index contributed by atoms with van der Waals surface area (Å²) in [6.45, 7) is 5.74. The van der Waals surface area contributed by atoms with Crippen LogP contribution in [-0.4, -0.2) is 26.9 Å². The predicted molar refractivity (Wildman–Crippen MR) is 117 cm³/mol. The van der Waals surface area contributed by atoms with Crippen LogP contribution in [-0.2, 0) is 4.79 Å². The lowest BCUT2D eigenvalue weighted by atomic mass is 9.94. The molecule has 3 aromatic rings. The third kappa shape index (κ3) is 3.59. The molecule has 0 saturated heterocycles. The lowest BCUT2D eigenvalue weighted by Gasteiger charge is -2.29. The van der Waals surface area contributed by atoms with E-state index in [4.69, 9.17) is 0 Å². The molecule has 0 bridgehead atoms. The highest BCUT2D eigenvalue weighted by Crippen LogP contribution is 2.37. The summed E-state index contributed by atoms with van der Waals surface area (Å²) in [4.78, 5) is 17.8. The minimum absolute atomic E-state index is 0.313. The smallest absolute Gasteiger partial charge is 0.255 e. The van der Waals surface area contributed by atoms with Crippen molar-refractivity contribution in [2.45, 2.75) is 32.0 Å². The third-order valence-electron chi connectivity index (χ3n) is 5.09. The van der Waals surface area contributed by atoms with Crippen LogP contribution in [0.15, 0.2) is 58.9 Å². The van der Waals surface area contributed by atoms with Gasteiger partial charge >= 0.3 is 0 Å². The van der Waals surface area contributed by atoms with E-state index in [1.807, 2.05) is 38.3 Å². The van der Waals surface area contributed by atoms with Gasteiger partial charge in [-0.2, -0.15) is 4.98 Å². The first-order chi connectivity index (χ1) is 14.4. The number of rotatable bonds is 4. The molecular formula is C22H22FN5OS. The number of aromatic nitrogens is 3. The maximum Gasteiger partial charge on any atom is 0.255 e. The van der Waals surface area contributed by atoms with E-state index in [0.29, 0.717) is 33.6 Å². The molecule has 6 nitrogen and oxygen atoms in total. The molecule has 0 fully saturated rings. The molecular weight excluding hydrogens is 401 g/mol. The molecule has 1 unspecified atom stereocenters. The highest BCUT2D eigenvalue weighted by atomic mass is 32.2. The fraction of sp³-hybridized carbons (Fsp3) is 0.227. The summed E-state index contributed by atoms with van der Waals surface area (Å²) in [6, 6.07) is 11.5. The van der Waals surface area contributed by atoms with Gasteiger partial charge in [-0.1, -0.05) is 47.7 Å². The summed E-state index contributed by atoms with van der Waals surface area (Å²) < 4.78 is 16.4. The number of fused-ring (bicyclic) bond motifs is 1. The van der Waals surface area contributed by atoms with Crippen molar-refractivity contribution in [3.05, 3.63) is 76.2 Å². The summed E-state index contributed by atoms with van der Waals surface area (Å²) in [5.74, 6) is -0.235. The summed E-state index contributed by atoms with van der Waals surface area (Å²) in [5.41, 5.74) is 4.15. The quantitative estimate of drug-likeness (QED) is 0.596. The first-order valence-corrected chi connectivity index (χ1v) is 10.7. The SMILES string of the molecule is CSc1nc2n(n1)C(c1ccccc1F)C(C(=O)Nc1ccc(C)cc1C)=C(C)N2. The number of thioether (sulfide) groups is 1. The topological polar surface area (TPSA) is 71.8 Å². The second-order valence-corrected chi connectivity index (χ2v) is 8.00. The third-order valence-corrected chi connectivity index (χ3v) is 5.63. The van der Waals surface area contributed by atoms with E-state index in [1.54, 1.807) is 29.8 Å². The lowest BCUT2D eigenvalue weighted by molar-refractivity contribution is -0.113. The van der Waals surface area contributed by atoms with E-state index < -0.39 is 11.9 Å². The number of anilines is 2. The Morgan fingerprint density at radius 1 is 1.20 bits per heavy atom. The van der Waals surface area contributed by atoms with Crippen LogP contribution in [0.2, 0.25) is 0 Å². The highest BCUT2D eigenvalue weighted by molar-refractivity contribution is 7.98. The standard InChI is InChI=1S/C22H22FN5OS/c1-12-9-10-17(13(2)11-12)25-20(29)18-14(3)24-21-26-22(30-4)27-28(21)19(18)15-7-5-6-8-16(15)23/h5-11,19H,1-4H3,(H,25,29)(H,24,26,27). The summed E-state index contributed by atoms with van der Waals surface area (Å²) in [7, 11) is 0. The van der Waals surface area contributed by atoms with Gasteiger partial charge in [-0.15, -0.1) is 5.10 Å². The predicted octanol–water partition coefficient (Wildman–Crippen LogP) is 4.68. The normalized spacial score (nSPS) is 15.6. The molecule has 2 N–H and O–H groups in total. The first kappa shape index (κ1) is 20.2. The molecule has 0 aliphatic carbocycles. The number of carbonyl (C=O) groups is 1. The van der Waals surface area contributed by atoms with Crippen molar-refractivity contribution in [3.63, 3.8) is 0 Å². The Hall–Kier alpha value is -3.13. The number of hydrogen-bond acceptors (Lipinski definition) is 5. The number of nitrogens with one attached hydrogen (secondary N) is 2. The van der Waals surface area contributed by atoms with Gasteiger partial charge in [0.25, 0.3) is 5.91 Å². The molecule has 1 atom stereocenters. The molecule has 2 aromatic carbocycles. The van der Waals surface area contributed by atoms with Gasteiger partial charge in [0.1, 0.15) is 11.9 Å². The Bertz CT molecular complexity index is 1170. The van der Waals surface area contributed by atoms with Crippen molar-refractivity contribution in [3.8, 4) is 0 Å². The molecule has 2 heterocycles. The van der Waals surface area contributed by atoms with Crippen molar-refractivity contribution >= 4 is 29.3 Å². The fourth-order valence-electron chi connectivity index (χ4n) is 3.64. The maximum atomic E-state index is 14.8. The van der Waals surface area contributed by atoms with Crippen LogP contribution >= 0.6 is 11.8 Å². The molecule has 1 aliphatic heterocycles. The number of nitrogens with zero attached hydrogens (tertiary/aromatic N) is 3. The Morgan fingerprint density at radius 2 is 1.97 bits per heavy atom. The summed E-state index contributed by atoms with van der Waals surface area (Å²) in [6.07, 6.45) is 1.87. The number of carbonyl (C=O) groups excluding carboxylic acids is 1. The Balaban J connectivity index is 1.81.